The van der Waals surface area contributed by atoms with E-state index in [4.69, 9.17) is 0 Å². The zero-order valence-electron chi connectivity index (χ0n) is 32.8. The number of rotatable bonds is 14. The van der Waals surface area contributed by atoms with Crippen LogP contribution in [-0.4, -0.2) is 87.2 Å². The Morgan fingerprint density at radius 2 is 1.37 bits per heavy atom. The van der Waals surface area contributed by atoms with Crippen molar-refractivity contribution in [3.05, 3.63) is 102 Å². The number of anilines is 5. The predicted octanol–water partition coefficient (Wildman–Crippen LogP) is 7.06. The molecule has 0 radical (unpaired) electrons. The number of piperidine rings is 1. The predicted molar refractivity (Wildman–Crippen MR) is 223 cm³/mol. The number of likely N-dealkylation sites (tertiary alicyclic amines) is 2. The Balaban J connectivity index is 0.888. The number of aromatic nitrogens is 2. The molecule has 57 heavy (non-hydrogen) atoms. The fourth-order valence-electron chi connectivity index (χ4n) is 8.26. The molecule has 13 heteroatoms. The van der Waals surface area contributed by atoms with Crippen molar-refractivity contribution in [2.45, 2.75) is 95.8 Å². The number of nitrogens with zero attached hydrogens (tertiary/aromatic N) is 4. The van der Waals surface area contributed by atoms with E-state index in [2.05, 4.69) is 60.2 Å². The first-order valence-corrected chi connectivity index (χ1v) is 20.3. The van der Waals surface area contributed by atoms with Crippen molar-refractivity contribution in [2.75, 3.05) is 40.9 Å². The van der Waals surface area contributed by atoms with Gasteiger partial charge in [-0.05, 0) is 101 Å². The monoisotopic (exact) mass is 771 g/mol. The molecule has 4 amide bonds. The fraction of sp³-hybridized carbons (Fsp3) is 0.409. The third-order valence-electron chi connectivity index (χ3n) is 11.6. The highest BCUT2D eigenvalue weighted by molar-refractivity contribution is 6.06. The maximum atomic E-state index is 13.2. The van der Waals surface area contributed by atoms with Crippen molar-refractivity contribution in [1.29, 1.82) is 0 Å². The molecular weight excluding hydrogens is 719 g/mol. The van der Waals surface area contributed by atoms with E-state index < -0.39 is 11.8 Å². The highest BCUT2D eigenvalue weighted by Gasteiger charge is 2.35. The minimum absolute atomic E-state index is 0.0843. The molecule has 3 atom stereocenters. The Labute approximate surface area is 334 Å². The Kier molecular flexibility index (Phi) is 12.9. The summed E-state index contributed by atoms with van der Waals surface area (Å²) in [5.74, 6) is -1.09. The second-order valence-corrected chi connectivity index (χ2v) is 15.5. The highest BCUT2D eigenvalue weighted by Crippen LogP contribution is 2.31. The van der Waals surface area contributed by atoms with Crippen molar-refractivity contribution in [3.63, 3.8) is 0 Å². The molecule has 5 N–H and O–H groups in total. The summed E-state index contributed by atoms with van der Waals surface area (Å²) in [4.78, 5) is 65.3. The standard InChI is InChI=1S/C44H53N9O4/c1-29-9-7-10-30(2)52(29)24-22-41(54)49-34-18-20-40(46-27-34)44(57)51-38-16-6-5-15-37(38)48-32-11-8-12-33(25-32)50-43(56)39-19-17-31(26-45-39)42(55)47-28-36-21-23-53(36)35-13-3-4-14-35/h5-6,8,11-12,15-20,25-27,29-30,35-36,48H,3-4,7,9-10,13-14,21-24,28H2,1-2H3,(H,47,55)(H,49,54)(H,50,56)(H,51,57). The van der Waals surface area contributed by atoms with Crippen LogP contribution in [0.25, 0.3) is 0 Å². The Morgan fingerprint density at radius 1 is 0.667 bits per heavy atom. The van der Waals surface area contributed by atoms with E-state index in [0.717, 1.165) is 25.8 Å². The van der Waals surface area contributed by atoms with Gasteiger partial charge < -0.3 is 26.6 Å². The minimum atomic E-state index is -0.409. The Morgan fingerprint density at radius 3 is 2.05 bits per heavy atom. The molecule has 0 bridgehead atoms. The lowest BCUT2D eigenvalue weighted by molar-refractivity contribution is -0.116. The van der Waals surface area contributed by atoms with Crippen LogP contribution in [0.5, 0.6) is 0 Å². The molecule has 1 aliphatic carbocycles. The molecule has 4 aromatic rings. The number of hydrogen-bond acceptors (Lipinski definition) is 9. The zero-order chi connectivity index (χ0) is 39.7. The van der Waals surface area contributed by atoms with E-state index in [1.807, 2.05) is 24.3 Å². The average Bonchev–Trinajstić information content (AvgIpc) is 3.72. The molecule has 4 heterocycles. The normalized spacial score (nSPS) is 19.9. The second-order valence-electron chi connectivity index (χ2n) is 15.5. The van der Waals surface area contributed by atoms with Gasteiger partial charge in [-0.3, -0.25) is 34.0 Å². The summed E-state index contributed by atoms with van der Waals surface area (Å²) in [7, 11) is 0. The van der Waals surface area contributed by atoms with Gasteiger partial charge in [-0.1, -0.05) is 37.5 Å². The van der Waals surface area contributed by atoms with Crippen LogP contribution < -0.4 is 26.6 Å². The summed E-state index contributed by atoms with van der Waals surface area (Å²) in [5, 5.41) is 15.1. The van der Waals surface area contributed by atoms with Crippen LogP contribution in [0.2, 0.25) is 0 Å². The number of amides is 4. The molecule has 3 aliphatic rings. The van der Waals surface area contributed by atoms with Gasteiger partial charge in [-0.2, -0.15) is 0 Å². The Bertz CT molecular complexity index is 2020. The summed E-state index contributed by atoms with van der Waals surface area (Å²) in [5.41, 5.74) is 3.71. The van der Waals surface area contributed by atoms with Crippen molar-refractivity contribution >= 4 is 52.1 Å². The maximum absolute atomic E-state index is 13.2. The molecule has 1 saturated carbocycles. The molecular formula is C44H53N9O4. The third-order valence-corrected chi connectivity index (χ3v) is 11.6. The quantitative estimate of drug-likeness (QED) is 0.0904. The van der Waals surface area contributed by atoms with E-state index in [9.17, 15) is 19.2 Å². The number of carbonyl (C=O) groups is 4. The van der Waals surface area contributed by atoms with Crippen LogP contribution in [0.15, 0.2) is 85.2 Å². The first kappa shape index (κ1) is 39.6. The third kappa shape index (κ3) is 10.2. The summed E-state index contributed by atoms with van der Waals surface area (Å²) < 4.78 is 0. The van der Waals surface area contributed by atoms with E-state index >= 15 is 0 Å². The van der Waals surface area contributed by atoms with Crippen LogP contribution in [0.1, 0.15) is 103 Å². The van der Waals surface area contributed by atoms with E-state index in [0.29, 0.717) is 77.7 Å². The molecule has 298 valence electrons. The van der Waals surface area contributed by atoms with Crippen molar-refractivity contribution in [3.8, 4) is 0 Å². The van der Waals surface area contributed by atoms with Gasteiger partial charge in [0, 0.05) is 67.8 Å². The summed E-state index contributed by atoms with van der Waals surface area (Å²) >= 11 is 0. The van der Waals surface area contributed by atoms with Crippen LogP contribution in [0, 0.1) is 0 Å². The minimum Gasteiger partial charge on any atom is -0.354 e. The Hall–Kier alpha value is -5.66. The first-order chi connectivity index (χ1) is 27.7. The number of nitrogens with one attached hydrogen (secondary N) is 5. The molecule has 2 aliphatic heterocycles. The van der Waals surface area contributed by atoms with Gasteiger partial charge in [0.05, 0.1) is 28.8 Å². The lowest BCUT2D eigenvalue weighted by atomic mass is 9.97. The number of benzene rings is 2. The number of hydrogen-bond donors (Lipinski definition) is 5. The van der Waals surface area contributed by atoms with Gasteiger partial charge >= 0.3 is 0 Å². The van der Waals surface area contributed by atoms with E-state index in [1.165, 1.54) is 44.5 Å². The SMILES string of the molecule is CC1CCCC(C)N1CCC(=O)Nc1ccc(C(=O)Nc2ccccc2Nc2cccc(NC(=O)c3ccc(C(=O)NCC4CCN4C4CCCC4)cn3)c2)nc1. The molecule has 3 fully saturated rings. The second kappa shape index (κ2) is 18.5. The lowest BCUT2D eigenvalue weighted by Crippen LogP contribution is -2.56. The summed E-state index contributed by atoms with van der Waals surface area (Å²) in [6.45, 7) is 6.88. The maximum Gasteiger partial charge on any atom is 0.274 e. The number of para-hydroxylation sites is 2. The van der Waals surface area contributed by atoms with Crippen LogP contribution >= 0.6 is 0 Å². The summed E-state index contributed by atoms with van der Waals surface area (Å²) in [6.07, 6.45) is 13.1. The van der Waals surface area contributed by atoms with E-state index in [-0.39, 0.29) is 23.2 Å². The molecule has 0 spiro atoms. The number of carbonyl (C=O) groups excluding carboxylic acids is 4. The fourth-order valence-corrected chi connectivity index (χ4v) is 8.26. The molecule has 13 nitrogen and oxygen atoms in total. The van der Waals surface area contributed by atoms with Gasteiger partial charge in [-0.25, -0.2) is 4.98 Å². The van der Waals surface area contributed by atoms with Gasteiger partial charge in [0.25, 0.3) is 17.7 Å². The molecule has 2 saturated heterocycles. The van der Waals surface area contributed by atoms with Gasteiger partial charge in [0.1, 0.15) is 11.4 Å². The summed E-state index contributed by atoms with van der Waals surface area (Å²) in [6, 6.07) is 22.9. The van der Waals surface area contributed by atoms with Crippen molar-refractivity contribution < 1.29 is 19.2 Å². The highest BCUT2D eigenvalue weighted by atomic mass is 16.2. The van der Waals surface area contributed by atoms with Crippen LogP contribution in [-0.2, 0) is 4.79 Å². The van der Waals surface area contributed by atoms with Crippen molar-refractivity contribution in [1.82, 2.24) is 25.1 Å². The largest absolute Gasteiger partial charge is 0.354 e. The zero-order valence-corrected chi connectivity index (χ0v) is 32.8. The smallest absolute Gasteiger partial charge is 0.274 e. The molecule has 2 aromatic carbocycles. The first-order valence-electron chi connectivity index (χ1n) is 20.3. The van der Waals surface area contributed by atoms with E-state index in [1.54, 1.807) is 48.5 Å². The van der Waals surface area contributed by atoms with Gasteiger partial charge in [0.2, 0.25) is 5.91 Å². The number of pyridine rings is 2. The van der Waals surface area contributed by atoms with Crippen LogP contribution in [0.3, 0.4) is 0 Å². The molecule has 3 unspecified atom stereocenters. The van der Waals surface area contributed by atoms with Crippen molar-refractivity contribution in [2.24, 2.45) is 0 Å². The topological polar surface area (TPSA) is 161 Å². The average molecular weight is 772 g/mol. The molecule has 7 rings (SSSR count). The van der Waals surface area contributed by atoms with Gasteiger partial charge in [-0.15, -0.1) is 0 Å². The van der Waals surface area contributed by atoms with Gasteiger partial charge in [0.15, 0.2) is 0 Å². The van der Waals surface area contributed by atoms with Crippen LogP contribution in [0.4, 0.5) is 28.4 Å². The molecule has 2 aromatic heterocycles. The lowest BCUT2D eigenvalue weighted by Gasteiger charge is -2.45.